The van der Waals surface area contributed by atoms with Crippen LogP contribution in [0.4, 0.5) is 0 Å². The van der Waals surface area contributed by atoms with Crippen LogP contribution in [0.3, 0.4) is 0 Å². The molecule has 0 aromatic heterocycles. The smallest absolute Gasteiger partial charge is 0.0163 e. The highest BCUT2D eigenvalue weighted by molar-refractivity contribution is 4.83. The highest BCUT2D eigenvalue weighted by Crippen LogP contribution is 2.23. The van der Waals surface area contributed by atoms with Gasteiger partial charge >= 0.3 is 0 Å². The van der Waals surface area contributed by atoms with Gasteiger partial charge < -0.3 is 0 Å². The summed E-state index contributed by atoms with van der Waals surface area (Å²) in [4.78, 5) is 2.50. The molecule has 0 bridgehead atoms. The van der Waals surface area contributed by atoms with Gasteiger partial charge in [-0.15, -0.1) is 6.58 Å². The summed E-state index contributed by atoms with van der Waals surface area (Å²) in [5.74, 6) is 0. The minimum Gasteiger partial charge on any atom is -0.297 e. The third-order valence-corrected chi connectivity index (χ3v) is 2.36. The highest BCUT2D eigenvalue weighted by atomic mass is 15.1. The highest BCUT2D eigenvalue weighted by Gasteiger charge is 2.22. The summed E-state index contributed by atoms with van der Waals surface area (Å²) in [6.45, 7) is 8.22. The molecule has 1 heteroatoms. The molecule has 0 radical (unpaired) electrons. The summed E-state index contributed by atoms with van der Waals surface area (Å²) >= 11 is 0. The molecule has 0 amide bonds. The SMILES string of the molecule is C=CCN(CC)C1CCC1. The standard InChI is InChI=1S/C9H17N/c1-3-8-10(4-2)9-6-5-7-9/h3,9H,1,4-8H2,2H3. The van der Waals surface area contributed by atoms with E-state index >= 15 is 0 Å². The van der Waals surface area contributed by atoms with Crippen molar-refractivity contribution >= 4 is 0 Å². The lowest BCUT2D eigenvalue weighted by molar-refractivity contribution is 0.149. The van der Waals surface area contributed by atoms with E-state index in [1.54, 1.807) is 0 Å². The first-order valence-electron chi connectivity index (χ1n) is 4.23. The molecule has 1 nitrogen and oxygen atoms in total. The first-order chi connectivity index (χ1) is 4.88. The van der Waals surface area contributed by atoms with Crippen LogP contribution in [-0.4, -0.2) is 24.0 Å². The second-order valence-electron chi connectivity index (χ2n) is 2.96. The van der Waals surface area contributed by atoms with E-state index in [-0.39, 0.29) is 0 Å². The monoisotopic (exact) mass is 139 g/mol. The molecule has 0 aliphatic heterocycles. The molecule has 10 heavy (non-hydrogen) atoms. The molecule has 1 saturated carbocycles. The fraction of sp³-hybridized carbons (Fsp3) is 0.778. The van der Waals surface area contributed by atoms with E-state index in [9.17, 15) is 0 Å². The lowest BCUT2D eigenvalue weighted by atomic mass is 9.91. The summed E-state index contributed by atoms with van der Waals surface area (Å²) in [6, 6.07) is 0.878. The molecule has 1 rings (SSSR count). The zero-order valence-corrected chi connectivity index (χ0v) is 6.84. The lowest BCUT2D eigenvalue weighted by Gasteiger charge is -2.36. The number of hydrogen-bond acceptors (Lipinski definition) is 1. The van der Waals surface area contributed by atoms with Gasteiger partial charge in [0.25, 0.3) is 0 Å². The molecular formula is C9H17N. The van der Waals surface area contributed by atoms with Crippen molar-refractivity contribution in [3.8, 4) is 0 Å². The molecule has 0 spiro atoms. The third-order valence-electron chi connectivity index (χ3n) is 2.36. The van der Waals surface area contributed by atoms with Crippen LogP contribution in [0.15, 0.2) is 12.7 Å². The Labute approximate surface area is 63.7 Å². The van der Waals surface area contributed by atoms with Crippen molar-refractivity contribution in [2.24, 2.45) is 0 Å². The summed E-state index contributed by atoms with van der Waals surface area (Å²) in [7, 11) is 0. The van der Waals surface area contributed by atoms with Gasteiger partial charge in [0, 0.05) is 12.6 Å². The van der Waals surface area contributed by atoms with Crippen LogP contribution in [-0.2, 0) is 0 Å². The second-order valence-corrected chi connectivity index (χ2v) is 2.96. The minimum atomic E-state index is 0.878. The molecule has 0 heterocycles. The van der Waals surface area contributed by atoms with Gasteiger partial charge in [0.1, 0.15) is 0 Å². The van der Waals surface area contributed by atoms with Crippen LogP contribution >= 0.6 is 0 Å². The molecule has 0 atom stereocenters. The van der Waals surface area contributed by atoms with E-state index in [0.29, 0.717) is 0 Å². The molecule has 0 aromatic rings. The van der Waals surface area contributed by atoms with E-state index < -0.39 is 0 Å². The van der Waals surface area contributed by atoms with Gasteiger partial charge in [-0.3, -0.25) is 4.90 Å². The van der Waals surface area contributed by atoms with Gasteiger partial charge in [-0.05, 0) is 19.4 Å². The second kappa shape index (κ2) is 3.77. The Bertz CT molecular complexity index is 105. The van der Waals surface area contributed by atoms with Gasteiger partial charge in [-0.25, -0.2) is 0 Å². The average Bonchev–Trinajstić information content (AvgIpc) is 1.83. The Kier molecular flexibility index (Phi) is 2.94. The first-order valence-corrected chi connectivity index (χ1v) is 4.23. The summed E-state index contributed by atoms with van der Waals surface area (Å²) in [6.07, 6.45) is 6.24. The quantitative estimate of drug-likeness (QED) is 0.539. The number of rotatable bonds is 4. The fourth-order valence-corrected chi connectivity index (χ4v) is 1.45. The fourth-order valence-electron chi connectivity index (χ4n) is 1.45. The van der Waals surface area contributed by atoms with E-state index in [1.165, 1.54) is 25.8 Å². The zero-order valence-electron chi connectivity index (χ0n) is 6.84. The van der Waals surface area contributed by atoms with Crippen molar-refractivity contribution in [1.29, 1.82) is 0 Å². The van der Waals surface area contributed by atoms with Crippen molar-refractivity contribution in [2.45, 2.75) is 32.2 Å². The van der Waals surface area contributed by atoms with Crippen LogP contribution in [0.25, 0.3) is 0 Å². The van der Waals surface area contributed by atoms with Crippen molar-refractivity contribution < 1.29 is 0 Å². The third kappa shape index (κ3) is 1.60. The Morgan fingerprint density at radius 3 is 2.60 bits per heavy atom. The zero-order chi connectivity index (χ0) is 7.40. The Morgan fingerprint density at radius 1 is 1.60 bits per heavy atom. The summed E-state index contributed by atoms with van der Waals surface area (Å²) < 4.78 is 0. The van der Waals surface area contributed by atoms with Gasteiger partial charge in [0.2, 0.25) is 0 Å². The van der Waals surface area contributed by atoms with Gasteiger partial charge in [-0.2, -0.15) is 0 Å². The van der Waals surface area contributed by atoms with Crippen molar-refractivity contribution in [3.05, 3.63) is 12.7 Å². The van der Waals surface area contributed by atoms with E-state index in [1.807, 2.05) is 6.08 Å². The van der Waals surface area contributed by atoms with Gasteiger partial charge in [-0.1, -0.05) is 19.4 Å². The van der Waals surface area contributed by atoms with E-state index in [0.717, 1.165) is 12.6 Å². The normalized spacial score (nSPS) is 19.0. The molecular weight excluding hydrogens is 122 g/mol. The van der Waals surface area contributed by atoms with Gasteiger partial charge in [0.05, 0.1) is 0 Å². The van der Waals surface area contributed by atoms with Crippen LogP contribution < -0.4 is 0 Å². The van der Waals surface area contributed by atoms with Crippen molar-refractivity contribution in [2.75, 3.05) is 13.1 Å². The lowest BCUT2D eigenvalue weighted by Crippen LogP contribution is -2.39. The minimum absolute atomic E-state index is 0.878. The van der Waals surface area contributed by atoms with E-state index in [2.05, 4.69) is 18.4 Å². The molecule has 1 aliphatic carbocycles. The maximum Gasteiger partial charge on any atom is 0.0163 e. The van der Waals surface area contributed by atoms with Crippen LogP contribution in [0, 0.1) is 0 Å². The average molecular weight is 139 g/mol. The molecule has 0 saturated heterocycles. The Hall–Kier alpha value is -0.300. The molecule has 0 N–H and O–H groups in total. The molecule has 58 valence electrons. The van der Waals surface area contributed by atoms with Crippen molar-refractivity contribution in [1.82, 2.24) is 4.90 Å². The van der Waals surface area contributed by atoms with Gasteiger partial charge in [0.15, 0.2) is 0 Å². The summed E-state index contributed by atoms with van der Waals surface area (Å²) in [5, 5.41) is 0. The molecule has 0 unspecified atom stereocenters. The maximum atomic E-state index is 3.75. The van der Waals surface area contributed by atoms with Crippen molar-refractivity contribution in [3.63, 3.8) is 0 Å². The van der Waals surface area contributed by atoms with Crippen LogP contribution in [0.2, 0.25) is 0 Å². The molecule has 1 aliphatic rings. The predicted octanol–water partition coefficient (Wildman–Crippen LogP) is 2.05. The predicted molar refractivity (Wildman–Crippen MR) is 45.1 cm³/mol. The topological polar surface area (TPSA) is 3.24 Å². The molecule has 1 fully saturated rings. The summed E-state index contributed by atoms with van der Waals surface area (Å²) in [5.41, 5.74) is 0. The Balaban J connectivity index is 2.23. The molecule has 0 aromatic carbocycles. The van der Waals surface area contributed by atoms with E-state index in [4.69, 9.17) is 0 Å². The number of hydrogen-bond donors (Lipinski definition) is 0. The maximum absolute atomic E-state index is 3.75. The van der Waals surface area contributed by atoms with Crippen LogP contribution in [0.5, 0.6) is 0 Å². The number of nitrogens with zero attached hydrogens (tertiary/aromatic N) is 1. The Morgan fingerprint density at radius 2 is 2.30 bits per heavy atom. The number of likely N-dealkylation sites (N-methyl/N-ethyl adjacent to an activating group) is 1. The largest absolute Gasteiger partial charge is 0.297 e. The first kappa shape index (κ1) is 7.80. The van der Waals surface area contributed by atoms with Crippen LogP contribution in [0.1, 0.15) is 26.2 Å².